The summed E-state index contributed by atoms with van der Waals surface area (Å²) in [6.45, 7) is 3.46. The van der Waals surface area contributed by atoms with Crippen LogP contribution in [0.2, 0.25) is 0 Å². The molecule has 0 spiro atoms. The van der Waals surface area contributed by atoms with E-state index in [1.165, 1.54) is 11.3 Å². The number of halogens is 1. The van der Waals surface area contributed by atoms with E-state index < -0.39 is 15.4 Å². The van der Waals surface area contributed by atoms with Gasteiger partial charge < -0.3 is 5.32 Å². The molecule has 0 atom stereocenters. The fourth-order valence-electron chi connectivity index (χ4n) is 2.03. The lowest BCUT2D eigenvalue weighted by Crippen LogP contribution is -2.35. The highest BCUT2D eigenvalue weighted by Crippen LogP contribution is 2.32. The average Bonchev–Trinajstić information content (AvgIpc) is 3.31. The van der Waals surface area contributed by atoms with Crippen molar-refractivity contribution in [2.75, 3.05) is 10.0 Å². The van der Waals surface area contributed by atoms with Gasteiger partial charge in [-0.1, -0.05) is 0 Å². The van der Waals surface area contributed by atoms with Gasteiger partial charge in [-0.25, -0.2) is 18.4 Å². The van der Waals surface area contributed by atoms with Gasteiger partial charge in [0.2, 0.25) is 15.9 Å². The summed E-state index contributed by atoms with van der Waals surface area (Å²) in [7, 11) is -3.36. The number of nitrogens with one attached hydrogen (secondary N) is 2. The van der Waals surface area contributed by atoms with Gasteiger partial charge in [-0.3, -0.25) is 9.52 Å². The Balaban J connectivity index is 1.73. The molecule has 7 nitrogen and oxygen atoms in total. The largest absolute Gasteiger partial charge is 0.310 e. The van der Waals surface area contributed by atoms with E-state index >= 15 is 0 Å². The van der Waals surface area contributed by atoms with Crippen molar-refractivity contribution < 1.29 is 13.2 Å². The lowest BCUT2D eigenvalue weighted by Gasteiger charge is -2.21. The molecule has 0 aromatic carbocycles. The number of pyridine rings is 1. The van der Waals surface area contributed by atoms with Crippen molar-refractivity contribution in [3.05, 3.63) is 33.9 Å². The Kier molecular flexibility index (Phi) is 4.86. The average molecular weight is 445 g/mol. The number of anilines is 2. The van der Waals surface area contributed by atoms with Gasteiger partial charge in [0.15, 0.2) is 5.13 Å². The highest BCUT2D eigenvalue weighted by atomic mass is 79.9. The minimum atomic E-state index is -3.36. The van der Waals surface area contributed by atoms with Crippen LogP contribution in [0.3, 0.4) is 0 Å². The molecule has 2 N–H and O–H groups in total. The van der Waals surface area contributed by atoms with Gasteiger partial charge in [-0.15, -0.1) is 11.3 Å². The van der Waals surface area contributed by atoms with E-state index in [0.717, 1.165) is 4.47 Å². The summed E-state index contributed by atoms with van der Waals surface area (Å²) in [5, 5.41) is 4.40. The highest BCUT2D eigenvalue weighted by molar-refractivity contribution is 9.10. The molecular formula is C15H17BrN4O3S2. The lowest BCUT2D eigenvalue weighted by molar-refractivity contribution is -0.120. The monoisotopic (exact) mass is 444 g/mol. The first-order valence-electron chi connectivity index (χ1n) is 7.59. The highest BCUT2D eigenvalue weighted by Gasteiger charge is 2.37. The maximum absolute atomic E-state index is 12.6. The van der Waals surface area contributed by atoms with Crippen LogP contribution in [0.5, 0.6) is 0 Å². The van der Waals surface area contributed by atoms with Gasteiger partial charge in [-0.2, -0.15) is 0 Å². The normalized spacial score (nSPS) is 15.0. The molecule has 0 saturated heterocycles. The van der Waals surface area contributed by atoms with E-state index in [4.69, 9.17) is 0 Å². The molecule has 0 bridgehead atoms. The second-order valence-corrected chi connectivity index (χ2v) is 10.1. The number of aromatic nitrogens is 2. The van der Waals surface area contributed by atoms with E-state index in [1.54, 1.807) is 37.6 Å². The molecular weight excluding hydrogens is 428 g/mol. The number of nitrogens with zero attached hydrogens (tertiary/aromatic N) is 2. The fraction of sp³-hybridized carbons (Fsp3) is 0.400. The number of hydrogen-bond acceptors (Lipinski definition) is 6. The van der Waals surface area contributed by atoms with Crippen LogP contribution in [0.15, 0.2) is 28.2 Å². The van der Waals surface area contributed by atoms with Gasteiger partial charge in [0, 0.05) is 16.0 Å². The molecule has 10 heteroatoms. The third-order valence-electron chi connectivity index (χ3n) is 3.87. The quantitative estimate of drug-likeness (QED) is 0.712. The second-order valence-electron chi connectivity index (χ2n) is 6.33. The third kappa shape index (κ3) is 4.18. The zero-order chi connectivity index (χ0) is 18.2. The second kappa shape index (κ2) is 6.65. The molecule has 0 unspecified atom stereocenters. The van der Waals surface area contributed by atoms with Crippen LogP contribution in [-0.4, -0.2) is 29.5 Å². The summed E-state index contributed by atoms with van der Waals surface area (Å²) in [6.07, 6.45) is 2.96. The fourth-order valence-corrected chi connectivity index (χ4v) is 4.74. The Labute approximate surface area is 158 Å². The Morgan fingerprint density at radius 2 is 2.08 bits per heavy atom. The summed E-state index contributed by atoms with van der Waals surface area (Å²) in [6, 6.07) is 3.47. The van der Waals surface area contributed by atoms with Crippen LogP contribution in [-0.2, 0) is 20.2 Å². The Bertz CT molecular complexity index is 890. The smallest absolute Gasteiger partial charge is 0.237 e. The number of amides is 1. The van der Waals surface area contributed by atoms with Crippen molar-refractivity contribution in [1.82, 2.24) is 9.97 Å². The van der Waals surface area contributed by atoms with Crippen molar-refractivity contribution in [3.8, 4) is 0 Å². The van der Waals surface area contributed by atoms with Gasteiger partial charge in [0.25, 0.3) is 0 Å². The summed E-state index contributed by atoms with van der Waals surface area (Å²) in [4.78, 5) is 21.0. The van der Waals surface area contributed by atoms with Gasteiger partial charge in [0.05, 0.1) is 16.4 Å². The molecule has 0 aliphatic heterocycles. The van der Waals surface area contributed by atoms with Gasteiger partial charge >= 0.3 is 0 Å². The van der Waals surface area contributed by atoms with Gasteiger partial charge in [0.1, 0.15) is 5.82 Å². The van der Waals surface area contributed by atoms with Crippen LogP contribution in [0.4, 0.5) is 10.9 Å². The molecule has 134 valence electrons. The third-order valence-corrected chi connectivity index (χ3v) is 7.06. The van der Waals surface area contributed by atoms with E-state index in [2.05, 4.69) is 35.9 Å². The first-order valence-corrected chi connectivity index (χ1v) is 10.8. The topological polar surface area (TPSA) is 101 Å². The van der Waals surface area contributed by atoms with Crippen LogP contribution in [0.25, 0.3) is 0 Å². The van der Waals surface area contributed by atoms with Crippen molar-refractivity contribution in [3.63, 3.8) is 0 Å². The Hall–Kier alpha value is -1.52. The summed E-state index contributed by atoms with van der Waals surface area (Å²) < 4.78 is 27.3. The minimum Gasteiger partial charge on any atom is -0.310 e. The molecule has 1 aliphatic carbocycles. The van der Waals surface area contributed by atoms with Crippen LogP contribution < -0.4 is 10.0 Å². The van der Waals surface area contributed by atoms with Crippen LogP contribution in [0, 0.1) is 0 Å². The first-order chi connectivity index (χ1) is 11.7. The molecule has 3 rings (SSSR count). The van der Waals surface area contributed by atoms with Crippen molar-refractivity contribution >= 4 is 54.1 Å². The van der Waals surface area contributed by atoms with E-state index in [0.29, 0.717) is 24.4 Å². The number of thiazole rings is 1. The first kappa shape index (κ1) is 18.3. The number of carbonyl (C=O) groups is 1. The summed E-state index contributed by atoms with van der Waals surface area (Å²) >= 11 is 4.46. The Morgan fingerprint density at radius 1 is 1.36 bits per heavy atom. The maximum atomic E-state index is 12.6. The standard InChI is InChI=1S/C15H17BrN4O3S2/c1-15(2,13(21)19-12-6-3-9(16)7-17-12)11-8-24-14(18-11)20-25(22,23)10-4-5-10/h3,6-8,10H,4-5H2,1-2H3,(H,18,20)(H,17,19,21). The van der Waals surface area contributed by atoms with E-state index in [-0.39, 0.29) is 16.3 Å². The predicted octanol–water partition coefficient (Wildman–Crippen LogP) is 3.12. The molecule has 2 heterocycles. The molecule has 2 aromatic rings. The lowest BCUT2D eigenvalue weighted by atomic mass is 9.89. The number of hydrogen-bond donors (Lipinski definition) is 2. The Morgan fingerprint density at radius 3 is 2.68 bits per heavy atom. The maximum Gasteiger partial charge on any atom is 0.237 e. The zero-order valence-electron chi connectivity index (χ0n) is 13.6. The molecule has 25 heavy (non-hydrogen) atoms. The molecule has 0 radical (unpaired) electrons. The molecule has 1 fully saturated rings. The van der Waals surface area contributed by atoms with Crippen LogP contribution >= 0.6 is 27.3 Å². The van der Waals surface area contributed by atoms with Crippen LogP contribution in [0.1, 0.15) is 32.4 Å². The van der Waals surface area contributed by atoms with Crippen molar-refractivity contribution in [1.29, 1.82) is 0 Å². The van der Waals surface area contributed by atoms with E-state index in [9.17, 15) is 13.2 Å². The SMILES string of the molecule is CC(C)(C(=O)Nc1ccc(Br)cn1)c1csc(NS(=O)(=O)C2CC2)n1. The van der Waals surface area contributed by atoms with Gasteiger partial charge in [-0.05, 0) is 54.8 Å². The van der Waals surface area contributed by atoms with Crippen molar-refractivity contribution in [2.24, 2.45) is 0 Å². The van der Waals surface area contributed by atoms with E-state index in [1.807, 2.05) is 0 Å². The molecule has 1 amide bonds. The molecule has 2 aromatic heterocycles. The number of carbonyl (C=O) groups excluding carboxylic acids is 1. The summed E-state index contributed by atoms with van der Waals surface area (Å²) in [5.41, 5.74) is -0.435. The molecule has 1 saturated carbocycles. The number of rotatable bonds is 6. The zero-order valence-corrected chi connectivity index (χ0v) is 16.8. The number of sulfonamides is 1. The minimum absolute atomic E-state index is 0.274. The molecule has 1 aliphatic rings. The summed E-state index contributed by atoms with van der Waals surface area (Å²) in [5.74, 6) is 0.162. The predicted molar refractivity (Wildman–Crippen MR) is 101 cm³/mol. The van der Waals surface area contributed by atoms with Crippen molar-refractivity contribution in [2.45, 2.75) is 37.4 Å².